The van der Waals surface area contributed by atoms with E-state index in [9.17, 15) is 61.0 Å². The lowest BCUT2D eigenvalue weighted by molar-refractivity contribution is -0.379. The zero-order chi connectivity index (χ0) is 61.9. The van der Waals surface area contributed by atoms with Crippen molar-refractivity contribution < 1.29 is 89.4 Å². The lowest BCUT2D eigenvalue weighted by atomic mass is 9.96. The van der Waals surface area contributed by atoms with Crippen LogP contribution >= 0.6 is 0 Å². The lowest BCUT2D eigenvalue weighted by Crippen LogP contribution is -2.66. The Morgan fingerprint density at radius 2 is 0.753 bits per heavy atom. The molecule has 85 heavy (non-hydrogen) atoms. The average Bonchev–Trinajstić information content (AvgIpc) is 3.51. The number of hydrogen-bond acceptors (Lipinski definition) is 18. The first-order chi connectivity index (χ1) is 41.3. The number of ether oxygens (including phenoxy) is 6. The van der Waals surface area contributed by atoms with Gasteiger partial charge in [-0.3, -0.25) is 4.79 Å². The predicted octanol–water partition coefficient (Wildman–Crippen LogP) is 8.05. The molecule has 3 heterocycles. The Morgan fingerprint density at radius 3 is 1.18 bits per heavy atom. The molecule has 0 bridgehead atoms. The van der Waals surface area contributed by atoms with Gasteiger partial charge in [-0.1, -0.05) is 230 Å². The first-order valence-electron chi connectivity index (χ1n) is 33.7. The minimum atomic E-state index is -1.98. The standard InChI is InChI=1S/C66H121NO18/c1-3-5-7-9-11-13-15-17-19-21-23-24-26-27-29-31-33-35-37-39-41-43-50(71)49(67-54(72)44-42-40-38-36-34-32-30-28-25-22-20-18-16-14-12-10-8-6-4-2)48-80-64-60(78)57(75)62(52(46-69)82-64)85-66-61(79)58(76)63(53(47-70)83-66)84-65-59(77)56(74)55(73)51(45-68)81-65/h26-27,33,35,41,43,49-53,55-66,68-71,73-79H,3-25,28-32,34,36-40,42,44-48H2,1-2H3,(H,67,72)/b27-26+,35-33+,43-41+. The maximum absolute atomic E-state index is 13.4. The smallest absolute Gasteiger partial charge is 0.220 e. The van der Waals surface area contributed by atoms with Gasteiger partial charge in [-0.15, -0.1) is 0 Å². The molecule has 0 aliphatic carbocycles. The number of amides is 1. The highest BCUT2D eigenvalue weighted by Crippen LogP contribution is 2.33. The molecule has 17 unspecified atom stereocenters. The number of carbonyl (C=O) groups excluding carboxylic acids is 1. The quantitative estimate of drug-likeness (QED) is 0.0202. The summed E-state index contributed by atoms with van der Waals surface area (Å²) >= 11 is 0. The van der Waals surface area contributed by atoms with E-state index < -0.39 is 124 Å². The lowest BCUT2D eigenvalue weighted by Gasteiger charge is -2.48. The molecule has 0 radical (unpaired) electrons. The highest BCUT2D eigenvalue weighted by molar-refractivity contribution is 5.76. The number of hydrogen-bond donors (Lipinski definition) is 12. The van der Waals surface area contributed by atoms with Crippen LogP contribution in [0.25, 0.3) is 0 Å². The third-order valence-corrected chi connectivity index (χ3v) is 16.9. The van der Waals surface area contributed by atoms with E-state index in [1.807, 2.05) is 6.08 Å². The first kappa shape index (κ1) is 77.3. The summed E-state index contributed by atoms with van der Waals surface area (Å²) in [4.78, 5) is 13.4. The monoisotopic (exact) mass is 1220 g/mol. The highest BCUT2D eigenvalue weighted by Gasteiger charge is 2.53. The van der Waals surface area contributed by atoms with E-state index in [1.54, 1.807) is 6.08 Å². The van der Waals surface area contributed by atoms with Gasteiger partial charge in [0.2, 0.25) is 5.91 Å². The number of nitrogens with one attached hydrogen (secondary N) is 1. The first-order valence-corrected chi connectivity index (χ1v) is 33.7. The summed E-state index contributed by atoms with van der Waals surface area (Å²) in [6, 6.07) is -0.994. The van der Waals surface area contributed by atoms with Crippen molar-refractivity contribution in [3.8, 4) is 0 Å². The maximum Gasteiger partial charge on any atom is 0.220 e. The van der Waals surface area contributed by atoms with Gasteiger partial charge in [0.05, 0.1) is 38.6 Å². The molecular formula is C66H121NO18. The van der Waals surface area contributed by atoms with Gasteiger partial charge in [-0.2, -0.15) is 0 Å². The van der Waals surface area contributed by atoms with E-state index in [-0.39, 0.29) is 18.9 Å². The topological polar surface area (TPSA) is 307 Å². The number of unbranched alkanes of at least 4 members (excludes halogenated alkanes) is 31. The van der Waals surface area contributed by atoms with E-state index in [2.05, 4.69) is 43.5 Å². The summed E-state index contributed by atoms with van der Waals surface area (Å²) in [6.07, 6.45) is 28.3. The molecular weight excluding hydrogens is 1090 g/mol. The Labute approximate surface area is 511 Å². The van der Waals surface area contributed by atoms with Gasteiger partial charge < -0.3 is 89.9 Å². The van der Waals surface area contributed by atoms with Crippen LogP contribution in [0.1, 0.15) is 245 Å². The third kappa shape index (κ3) is 31.5. The molecule has 3 aliphatic rings. The number of rotatable bonds is 51. The summed E-state index contributed by atoms with van der Waals surface area (Å²) in [5.74, 6) is -0.286. The van der Waals surface area contributed by atoms with Crippen LogP contribution in [0.2, 0.25) is 0 Å². The minimum absolute atomic E-state index is 0.236. The number of aliphatic hydroxyl groups excluding tert-OH is 11. The Balaban J connectivity index is 1.48. The van der Waals surface area contributed by atoms with Crippen LogP contribution in [0.5, 0.6) is 0 Å². The average molecular weight is 1220 g/mol. The van der Waals surface area contributed by atoms with Crippen molar-refractivity contribution >= 4 is 5.91 Å². The number of aliphatic hydroxyl groups is 11. The predicted molar refractivity (Wildman–Crippen MR) is 328 cm³/mol. The molecule has 0 spiro atoms. The summed E-state index contributed by atoms with van der Waals surface area (Å²) in [7, 11) is 0. The summed E-state index contributed by atoms with van der Waals surface area (Å²) in [5, 5.41) is 120. The van der Waals surface area contributed by atoms with Crippen molar-refractivity contribution in [1.29, 1.82) is 0 Å². The van der Waals surface area contributed by atoms with E-state index in [1.165, 1.54) is 167 Å². The van der Waals surface area contributed by atoms with Crippen molar-refractivity contribution in [2.45, 2.75) is 349 Å². The van der Waals surface area contributed by atoms with Gasteiger partial charge in [0, 0.05) is 6.42 Å². The van der Waals surface area contributed by atoms with Gasteiger partial charge >= 0.3 is 0 Å². The molecule has 3 rings (SSSR count). The Hall–Kier alpha value is -1.99. The molecule has 3 fully saturated rings. The van der Waals surface area contributed by atoms with Gasteiger partial charge in [-0.05, 0) is 44.9 Å². The van der Waals surface area contributed by atoms with E-state index >= 15 is 0 Å². The summed E-state index contributed by atoms with van der Waals surface area (Å²) < 4.78 is 34.3. The van der Waals surface area contributed by atoms with Gasteiger partial charge in [0.1, 0.15) is 73.2 Å². The molecule has 0 aromatic rings. The van der Waals surface area contributed by atoms with Crippen LogP contribution in [0.15, 0.2) is 36.5 Å². The molecule has 19 heteroatoms. The van der Waals surface area contributed by atoms with Crippen molar-refractivity contribution in [1.82, 2.24) is 5.32 Å². The molecule has 3 saturated heterocycles. The Kier molecular flexibility index (Phi) is 44.4. The van der Waals surface area contributed by atoms with Crippen LogP contribution < -0.4 is 5.32 Å². The highest BCUT2D eigenvalue weighted by atomic mass is 16.8. The summed E-state index contributed by atoms with van der Waals surface area (Å²) in [5.41, 5.74) is 0. The fraction of sp³-hybridized carbons (Fsp3) is 0.894. The molecule has 1 amide bonds. The van der Waals surface area contributed by atoms with Crippen molar-refractivity contribution in [2.75, 3.05) is 26.4 Å². The van der Waals surface area contributed by atoms with E-state index in [4.69, 9.17) is 28.4 Å². The largest absolute Gasteiger partial charge is 0.394 e. The number of carbonyl (C=O) groups is 1. The summed E-state index contributed by atoms with van der Waals surface area (Å²) in [6.45, 7) is 1.72. The minimum Gasteiger partial charge on any atom is -0.394 e. The van der Waals surface area contributed by atoms with Crippen LogP contribution in [-0.4, -0.2) is 193 Å². The molecule has 12 N–H and O–H groups in total. The van der Waals surface area contributed by atoms with Gasteiger partial charge in [0.15, 0.2) is 18.9 Å². The van der Waals surface area contributed by atoms with E-state index in [0.29, 0.717) is 12.8 Å². The van der Waals surface area contributed by atoms with Crippen LogP contribution in [-0.2, 0) is 33.2 Å². The molecule has 19 nitrogen and oxygen atoms in total. The van der Waals surface area contributed by atoms with Gasteiger partial charge in [0.25, 0.3) is 0 Å². The molecule has 0 saturated carbocycles. The normalized spacial score (nSPS) is 29.2. The third-order valence-electron chi connectivity index (χ3n) is 16.9. The molecule has 17 atom stereocenters. The van der Waals surface area contributed by atoms with Crippen molar-refractivity contribution in [3.05, 3.63) is 36.5 Å². The Bertz CT molecular complexity index is 1690. The number of allylic oxidation sites excluding steroid dienone is 5. The zero-order valence-corrected chi connectivity index (χ0v) is 52.3. The Morgan fingerprint density at radius 1 is 0.412 bits per heavy atom. The van der Waals surface area contributed by atoms with E-state index in [0.717, 1.165) is 44.9 Å². The molecule has 0 aromatic carbocycles. The molecule has 3 aliphatic heterocycles. The fourth-order valence-electron chi connectivity index (χ4n) is 11.4. The molecule has 498 valence electrons. The fourth-order valence-corrected chi connectivity index (χ4v) is 11.4. The molecule has 0 aromatic heterocycles. The second-order valence-electron chi connectivity index (χ2n) is 24.3. The van der Waals surface area contributed by atoms with Crippen molar-refractivity contribution in [2.24, 2.45) is 0 Å². The van der Waals surface area contributed by atoms with Crippen LogP contribution in [0.4, 0.5) is 0 Å². The maximum atomic E-state index is 13.4. The second kappa shape index (κ2) is 48.8. The SMILES string of the molecule is CCCCCCCCCCCCC/C=C/CC/C=C/CC/C=C/C(O)C(COC1OC(CO)C(OC2OC(CO)C(OC3OC(CO)C(O)C(O)C3O)C(O)C2O)C(O)C1O)NC(=O)CCCCCCCCCCCCCCCCCCCCC. The zero-order valence-electron chi connectivity index (χ0n) is 52.3. The second-order valence-corrected chi connectivity index (χ2v) is 24.3. The van der Waals surface area contributed by atoms with Gasteiger partial charge in [-0.25, -0.2) is 0 Å². The van der Waals surface area contributed by atoms with Crippen LogP contribution in [0, 0.1) is 0 Å². The van der Waals surface area contributed by atoms with Crippen molar-refractivity contribution in [3.63, 3.8) is 0 Å². The van der Waals surface area contributed by atoms with Crippen LogP contribution in [0.3, 0.4) is 0 Å².